The summed E-state index contributed by atoms with van der Waals surface area (Å²) in [7, 11) is 0. The van der Waals surface area contributed by atoms with Gasteiger partial charge in [0.1, 0.15) is 18.3 Å². The number of ether oxygens (including phenoxy) is 3. The van der Waals surface area contributed by atoms with Crippen LogP contribution in [0.15, 0.2) is 72.8 Å². The molecule has 0 spiro atoms. The number of hydrogen-bond donors (Lipinski definition) is 1. The monoisotopic (exact) mass is 509 g/mol. The number of allylic oxidation sites excluding steroid dienone is 1. The van der Waals surface area contributed by atoms with Crippen LogP contribution in [0, 0.1) is 5.41 Å². The average molecular weight is 511 g/mol. The first-order chi connectivity index (χ1) is 15.6. The molecule has 0 bridgehead atoms. The molecule has 2 aromatic carbocycles. The topological polar surface area (TPSA) is 85.7 Å². The van der Waals surface area contributed by atoms with Crippen molar-refractivity contribution in [3.63, 3.8) is 0 Å². The number of esters is 2. The van der Waals surface area contributed by atoms with Crippen molar-refractivity contribution in [1.29, 1.82) is 5.41 Å². The summed E-state index contributed by atoms with van der Waals surface area (Å²) in [6, 6.07) is 17.1. The van der Waals surface area contributed by atoms with Crippen LogP contribution in [0.1, 0.15) is 34.1 Å². The minimum Gasteiger partial charge on any atom is -0.456 e. The van der Waals surface area contributed by atoms with Crippen LogP contribution in [0.4, 0.5) is 0 Å². The molecule has 33 heavy (non-hydrogen) atoms. The van der Waals surface area contributed by atoms with E-state index in [1.165, 1.54) is 12.2 Å². The molecule has 0 radical (unpaired) electrons. The first kappa shape index (κ1) is 25.2. The fourth-order valence-electron chi connectivity index (χ4n) is 3.25. The maximum absolute atomic E-state index is 12.7. The zero-order chi connectivity index (χ0) is 24.0. The molecule has 6 nitrogen and oxygen atoms in total. The number of halogens is 3. The number of hydrogen-bond acceptors (Lipinski definition) is 6. The van der Waals surface area contributed by atoms with Crippen molar-refractivity contribution in [1.82, 2.24) is 0 Å². The van der Waals surface area contributed by atoms with Crippen molar-refractivity contribution in [3.8, 4) is 0 Å². The highest BCUT2D eigenvalue weighted by Crippen LogP contribution is 2.30. The molecule has 0 aliphatic carbocycles. The Labute approximate surface area is 206 Å². The molecule has 3 rings (SSSR count). The lowest BCUT2D eigenvalue weighted by Crippen LogP contribution is -2.48. The fraction of sp³-hybridized carbons (Fsp3) is 0.292. The van der Waals surface area contributed by atoms with Gasteiger partial charge in [0, 0.05) is 6.42 Å². The second kappa shape index (κ2) is 11.2. The molecular weight excluding hydrogens is 489 g/mol. The Hall–Kier alpha value is -2.38. The van der Waals surface area contributed by atoms with Gasteiger partial charge in [0.15, 0.2) is 0 Å². The highest BCUT2D eigenvalue weighted by molar-refractivity contribution is 6.77. The smallest absolute Gasteiger partial charge is 0.338 e. The van der Waals surface area contributed by atoms with Gasteiger partial charge in [-0.3, -0.25) is 0 Å². The van der Waals surface area contributed by atoms with E-state index in [2.05, 4.69) is 0 Å². The van der Waals surface area contributed by atoms with Crippen molar-refractivity contribution in [2.75, 3.05) is 0 Å². The van der Waals surface area contributed by atoms with E-state index in [1.54, 1.807) is 67.6 Å². The molecule has 1 heterocycles. The second-order valence-corrected chi connectivity index (χ2v) is 9.71. The molecule has 0 saturated carbocycles. The highest BCUT2D eigenvalue weighted by atomic mass is 35.6. The van der Waals surface area contributed by atoms with Crippen molar-refractivity contribution in [2.24, 2.45) is 0 Å². The second-order valence-electron chi connectivity index (χ2n) is 7.43. The molecule has 2 aromatic rings. The predicted octanol–water partition coefficient (Wildman–Crippen LogP) is 5.56. The van der Waals surface area contributed by atoms with Gasteiger partial charge < -0.3 is 19.6 Å². The predicted molar refractivity (Wildman–Crippen MR) is 127 cm³/mol. The van der Waals surface area contributed by atoms with Crippen LogP contribution in [0.25, 0.3) is 0 Å². The molecule has 174 valence electrons. The van der Waals surface area contributed by atoms with E-state index < -0.39 is 40.1 Å². The molecule has 9 heteroatoms. The number of carbonyl (C=O) groups excluding carboxylic acids is 2. The summed E-state index contributed by atoms with van der Waals surface area (Å²) >= 11 is 17.2. The quantitative estimate of drug-likeness (QED) is 0.312. The lowest BCUT2D eigenvalue weighted by atomic mass is 9.97. The zero-order valence-electron chi connectivity index (χ0n) is 17.6. The molecule has 4 atom stereocenters. The van der Waals surface area contributed by atoms with E-state index in [0.29, 0.717) is 11.1 Å². The third-order valence-electron chi connectivity index (χ3n) is 5.02. The molecule has 0 amide bonds. The molecule has 0 aromatic heterocycles. The molecule has 1 aliphatic rings. The van der Waals surface area contributed by atoms with Gasteiger partial charge in [-0.2, -0.15) is 0 Å². The molecule has 1 fully saturated rings. The Morgan fingerprint density at radius 1 is 0.939 bits per heavy atom. The summed E-state index contributed by atoms with van der Waals surface area (Å²) in [6.07, 6.45) is 0.260. The fourth-order valence-corrected chi connectivity index (χ4v) is 3.44. The summed E-state index contributed by atoms with van der Waals surface area (Å²) in [5.41, 5.74) is 0.501. The number of nitrogens with one attached hydrogen (secondary N) is 1. The highest BCUT2D eigenvalue weighted by Gasteiger charge is 2.39. The Morgan fingerprint density at radius 3 is 1.91 bits per heavy atom. The lowest BCUT2D eigenvalue weighted by Gasteiger charge is -2.38. The Balaban J connectivity index is 1.78. The molecule has 1 saturated heterocycles. The maximum Gasteiger partial charge on any atom is 0.338 e. The van der Waals surface area contributed by atoms with Gasteiger partial charge in [-0.1, -0.05) is 77.3 Å². The third kappa shape index (κ3) is 7.05. The Kier molecular flexibility index (Phi) is 8.54. The summed E-state index contributed by atoms with van der Waals surface area (Å²) in [6.45, 7) is 1.75. The van der Waals surface area contributed by atoms with Gasteiger partial charge in [-0.05, 0) is 37.3 Å². The van der Waals surface area contributed by atoms with Gasteiger partial charge in [0.05, 0.1) is 22.9 Å². The van der Waals surface area contributed by atoms with Crippen LogP contribution in [0.2, 0.25) is 0 Å². The number of benzene rings is 2. The largest absolute Gasteiger partial charge is 0.456 e. The van der Waals surface area contributed by atoms with Crippen LogP contribution in [0.5, 0.6) is 0 Å². The van der Waals surface area contributed by atoms with Crippen LogP contribution >= 0.6 is 34.8 Å². The summed E-state index contributed by atoms with van der Waals surface area (Å²) in [4.78, 5) is 25.2. The Bertz CT molecular complexity index is 1010. The van der Waals surface area contributed by atoms with E-state index in [0.717, 1.165) is 0 Å². The first-order valence-electron chi connectivity index (χ1n) is 10.2. The normalized spacial score (nSPS) is 23.2. The van der Waals surface area contributed by atoms with Crippen molar-refractivity contribution >= 4 is 52.5 Å². The van der Waals surface area contributed by atoms with Gasteiger partial charge in [-0.15, -0.1) is 0 Å². The molecule has 1 unspecified atom stereocenters. The van der Waals surface area contributed by atoms with Crippen LogP contribution < -0.4 is 0 Å². The van der Waals surface area contributed by atoms with Crippen molar-refractivity contribution < 1.29 is 23.8 Å². The molecule has 1 aliphatic heterocycles. The minimum absolute atomic E-state index is 0.189. The molecule has 1 N–H and O–H groups in total. The maximum atomic E-state index is 12.7. The van der Waals surface area contributed by atoms with Crippen LogP contribution in [-0.2, 0) is 14.2 Å². The zero-order valence-corrected chi connectivity index (χ0v) is 19.9. The number of rotatable bonds is 6. The standard InChI is InChI=1S/C24H22Cl3NO5/c1-15-19(32-22(29)16-8-4-2-5-9-16)14-20(33-23(30)17-10-6-3-7-11-17)18(31-15)12-13-21(28)24(25,26)27/h2-13,15,18-20,28H,14H2,1H3/b13-12-,28-21?/t15?,18-,19+,20-/m0/s1. The van der Waals surface area contributed by atoms with E-state index >= 15 is 0 Å². The summed E-state index contributed by atoms with van der Waals surface area (Å²) in [5.74, 6) is -1.06. The summed E-state index contributed by atoms with van der Waals surface area (Å²) < 4.78 is 15.4. The van der Waals surface area contributed by atoms with E-state index in [9.17, 15) is 9.59 Å². The summed E-state index contributed by atoms with van der Waals surface area (Å²) in [5, 5.41) is 7.86. The SMILES string of the molecule is CC1O[C@@H](/C=C\C(=N)C(Cl)(Cl)Cl)[C@@H](OC(=O)c2ccccc2)C[C@H]1OC(=O)c1ccccc1. The van der Waals surface area contributed by atoms with E-state index in [-0.39, 0.29) is 12.1 Å². The van der Waals surface area contributed by atoms with Crippen molar-refractivity contribution in [3.05, 3.63) is 83.9 Å². The number of carbonyl (C=O) groups is 2. The minimum atomic E-state index is -1.90. The van der Waals surface area contributed by atoms with E-state index in [4.69, 9.17) is 54.4 Å². The van der Waals surface area contributed by atoms with Crippen LogP contribution in [0.3, 0.4) is 0 Å². The first-order valence-corrected chi connectivity index (χ1v) is 11.3. The van der Waals surface area contributed by atoms with Gasteiger partial charge in [0.2, 0.25) is 3.79 Å². The van der Waals surface area contributed by atoms with E-state index in [1.807, 2.05) is 0 Å². The Morgan fingerprint density at radius 2 is 1.42 bits per heavy atom. The number of alkyl halides is 3. The third-order valence-corrected chi connectivity index (χ3v) is 5.63. The van der Waals surface area contributed by atoms with Gasteiger partial charge >= 0.3 is 11.9 Å². The average Bonchev–Trinajstić information content (AvgIpc) is 2.80. The van der Waals surface area contributed by atoms with Crippen molar-refractivity contribution in [2.45, 2.75) is 41.6 Å². The lowest BCUT2D eigenvalue weighted by molar-refractivity contribution is -0.149. The van der Waals surface area contributed by atoms with Crippen LogP contribution in [-0.4, -0.2) is 45.9 Å². The van der Waals surface area contributed by atoms with Gasteiger partial charge in [0.25, 0.3) is 0 Å². The molecular formula is C24H22Cl3NO5. The van der Waals surface area contributed by atoms with Gasteiger partial charge in [-0.25, -0.2) is 9.59 Å².